The summed E-state index contributed by atoms with van der Waals surface area (Å²) in [6, 6.07) is 0. The minimum absolute atomic E-state index is 0.0728. The van der Waals surface area contributed by atoms with Crippen LogP contribution >= 0.6 is 0 Å². The molecule has 2 rings (SSSR count). The number of rotatable bonds is 1. The summed E-state index contributed by atoms with van der Waals surface area (Å²) in [5.74, 6) is -1.05. The Hall–Kier alpha value is -1.32. The van der Waals surface area contributed by atoms with E-state index in [1.165, 1.54) is 6.08 Å². The molecule has 0 radical (unpaired) electrons. The fraction of sp³-hybridized carbons (Fsp3) is 0.500. The van der Waals surface area contributed by atoms with Crippen LogP contribution < -0.4 is 0 Å². The molecule has 0 aromatic heterocycles. The number of hydrogen-bond donors (Lipinski definition) is 1. The van der Waals surface area contributed by atoms with Crippen LogP contribution in [-0.2, 0) is 14.3 Å². The highest BCUT2D eigenvalue weighted by molar-refractivity contribution is 5.88. The van der Waals surface area contributed by atoms with Crippen molar-refractivity contribution in [3.05, 3.63) is 11.6 Å². The van der Waals surface area contributed by atoms with Gasteiger partial charge in [0, 0.05) is 11.5 Å². The number of hydrogen-bond acceptors (Lipinski definition) is 3. The Morgan fingerprint density at radius 1 is 1.58 bits per heavy atom. The Kier molecular flexibility index (Phi) is 1.43. The van der Waals surface area contributed by atoms with Crippen LogP contribution in [0.3, 0.4) is 0 Å². The van der Waals surface area contributed by atoms with Gasteiger partial charge in [-0.2, -0.15) is 0 Å². The molecule has 4 heteroatoms. The predicted molar refractivity (Wildman–Crippen MR) is 38.3 cm³/mol. The summed E-state index contributed by atoms with van der Waals surface area (Å²) in [5.41, 5.74) is 0.373. The number of fused-ring (bicyclic) bond motifs is 1. The van der Waals surface area contributed by atoms with E-state index < -0.39 is 5.97 Å². The maximum atomic E-state index is 10.7. The van der Waals surface area contributed by atoms with Crippen molar-refractivity contribution in [3.8, 4) is 0 Å². The maximum Gasteiger partial charge on any atom is 0.331 e. The van der Waals surface area contributed by atoms with Gasteiger partial charge in [-0.3, -0.25) is 4.79 Å². The van der Waals surface area contributed by atoms with Crippen molar-refractivity contribution >= 4 is 11.9 Å². The molecule has 64 valence electrons. The summed E-state index contributed by atoms with van der Waals surface area (Å²) >= 11 is 0. The first-order chi connectivity index (χ1) is 5.66. The van der Waals surface area contributed by atoms with Crippen molar-refractivity contribution in [2.24, 2.45) is 5.92 Å². The number of ether oxygens (including phenoxy) is 1. The van der Waals surface area contributed by atoms with Crippen LogP contribution in [0.25, 0.3) is 0 Å². The van der Waals surface area contributed by atoms with Crippen molar-refractivity contribution in [3.63, 3.8) is 0 Å². The van der Waals surface area contributed by atoms with Gasteiger partial charge >= 0.3 is 11.9 Å². The Morgan fingerprint density at radius 3 is 2.92 bits per heavy atom. The lowest BCUT2D eigenvalue weighted by Crippen LogP contribution is -2.06. The number of aliphatic carboxylic acids is 1. The van der Waals surface area contributed by atoms with E-state index in [-0.39, 0.29) is 18.0 Å². The molecule has 1 N–H and O–H groups in total. The second-order valence-electron chi connectivity index (χ2n) is 3.12. The van der Waals surface area contributed by atoms with Crippen molar-refractivity contribution in [1.29, 1.82) is 0 Å². The van der Waals surface area contributed by atoms with E-state index in [0.29, 0.717) is 18.4 Å². The van der Waals surface area contributed by atoms with Gasteiger partial charge in [-0.25, -0.2) is 4.79 Å². The molecule has 0 bridgehead atoms. The van der Waals surface area contributed by atoms with Gasteiger partial charge in [0.15, 0.2) is 0 Å². The van der Waals surface area contributed by atoms with Crippen LogP contribution in [-0.4, -0.2) is 23.1 Å². The topological polar surface area (TPSA) is 63.6 Å². The molecular weight excluding hydrogens is 160 g/mol. The Bertz CT molecular complexity index is 279. The van der Waals surface area contributed by atoms with Gasteiger partial charge < -0.3 is 9.84 Å². The number of carbonyl (C=O) groups excluding carboxylic acids is 1. The van der Waals surface area contributed by atoms with Crippen LogP contribution in [0.1, 0.15) is 12.8 Å². The maximum absolute atomic E-state index is 10.7. The molecule has 0 aromatic carbocycles. The highest BCUT2D eigenvalue weighted by Gasteiger charge is 2.39. The van der Waals surface area contributed by atoms with E-state index in [1.54, 1.807) is 0 Å². The van der Waals surface area contributed by atoms with Crippen LogP contribution in [0.4, 0.5) is 0 Å². The molecule has 1 saturated heterocycles. The molecular formula is C8H8O4. The molecule has 1 fully saturated rings. The number of esters is 1. The summed E-state index contributed by atoms with van der Waals surface area (Å²) in [5, 5.41) is 8.63. The SMILES string of the molecule is O=C1C[C@@H]2CC(C(=O)O)=C[C@@H]2O1. The first-order valence-corrected chi connectivity index (χ1v) is 3.80. The summed E-state index contributed by atoms with van der Waals surface area (Å²) in [6.07, 6.45) is 2.09. The molecule has 1 heterocycles. The lowest BCUT2D eigenvalue weighted by molar-refractivity contribution is -0.140. The van der Waals surface area contributed by atoms with Crippen molar-refractivity contribution < 1.29 is 19.4 Å². The first-order valence-electron chi connectivity index (χ1n) is 3.80. The van der Waals surface area contributed by atoms with Crippen molar-refractivity contribution in [2.45, 2.75) is 18.9 Å². The predicted octanol–water partition coefficient (Wildman–Crippen LogP) is 0.333. The van der Waals surface area contributed by atoms with Gasteiger partial charge in [-0.15, -0.1) is 0 Å². The average molecular weight is 168 g/mol. The van der Waals surface area contributed by atoms with E-state index in [4.69, 9.17) is 9.84 Å². The van der Waals surface area contributed by atoms with Gasteiger partial charge in [0.1, 0.15) is 6.10 Å². The number of carbonyl (C=O) groups is 2. The Balaban J connectivity index is 2.15. The minimum atomic E-state index is -0.902. The zero-order chi connectivity index (χ0) is 8.72. The van der Waals surface area contributed by atoms with Gasteiger partial charge in [0.05, 0.1) is 6.42 Å². The summed E-state index contributed by atoms with van der Waals surface area (Å²) in [4.78, 5) is 21.2. The molecule has 0 unspecified atom stereocenters. The summed E-state index contributed by atoms with van der Waals surface area (Å²) in [6.45, 7) is 0. The van der Waals surface area contributed by atoms with E-state index in [1.807, 2.05) is 0 Å². The highest BCUT2D eigenvalue weighted by Crippen LogP contribution is 2.35. The van der Waals surface area contributed by atoms with Crippen molar-refractivity contribution in [1.82, 2.24) is 0 Å². The standard InChI is InChI=1S/C8H8O4/c9-7-3-4-1-5(8(10)11)2-6(4)12-7/h2,4,6H,1,3H2,(H,10,11)/t4-,6-/m0/s1. The average Bonchev–Trinajstić information content (AvgIpc) is 2.42. The van der Waals surface area contributed by atoms with Crippen LogP contribution in [0.15, 0.2) is 11.6 Å². The van der Waals surface area contributed by atoms with Crippen LogP contribution in [0.5, 0.6) is 0 Å². The summed E-state index contributed by atoms with van der Waals surface area (Å²) in [7, 11) is 0. The van der Waals surface area contributed by atoms with Crippen LogP contribution in [0.2, 0.25) is 0 Å². The molecule has 2 atom stereocenters. The molecule has 1 aliphatic heterocycles. The molecule has 0 aromatic rings. The largest absolute Gasteiger partial charge is 0.478 e. The Morgan fingerprint density at radius 2 is 2.33 bits per heavy atom. The third kappa shape index (κ3) is 0.995. The highest BCUT2D eigenvalue weighted by atomic mass is 16.5. The normalized spacial score (nSPS) is 32.7. The molecule has 4 nitrogen and oxygen atoms in total. The molecule has 1 aliphatic carbocycles. The fourth-order valence-corrected chi connectivity index (χ4v) is 1.69. The molecule has 0 saturated carbocycles. The second kappa shape index (κ2) is 2.33. The van der Waals surface area contributed by atoms with E-state index in [9.17, 15) is 9.59 Å². The van der Waals surface area contributed by atoms with Crippen molar-refractivity contribution in [2.75, 3.05) is 0 Å². The van der Waals surface area contributed by atoms with Gasteiger partial charge in [-0.05, 0) is 12.5 Å². The second-order valence-corrected chi connectivity index (χ2v) is 3.12. The lowest BCUT2D eigenvalue weighted by atomic mass is 10.0. The van der Waals surface area contributed by atoms with Crippen LogP contribution in [0, 0.1) is 5.92 Å². The zero-order valence-corrected chi connectivity index (χ0v) is 6.32. The van der Waals surface area contributed by atoms with Gasteiger partial charge in [-0.1, -0.05) is 0 Å². The molecule has 0 spiro atoms. The molecule has 2 aliphatic rings. The number of carboxylic acid groups (broad SMARTS) is 1. The smallest absolute Gasteiger partial charge is 0.331 e. The quantitative estimate of drug-likeness (QED) is 0.573. The number of carboxylic acids is 1. The Labute approximate surface area is 68.8 Å². The first kappa shape index (κ1) is 7.34. The van der Waals surface area contributed by atoms with E-state index in [0.717, 1.165) is 0 Å². The van der Waals surface area contributed by atoms with E-state index >= 15 is 0 Å². The molecule has 12 heavy (non-hydrogen) atoms. The van der Waals surface area contributed by atoms with E-state index in [2.05, 4.69) is 0 Å². The monoisotopic (exact) mass is 168 g/mol. The zero-order valence-electron chi connectivity index (χ0n) is 6.32. The lowest BCUT2D eigenvalue weighted by Gasteiger charge is -2.02. The fourth-order valence-electron chi connectivity index (χ4n) is 1.69. The minimum Gasteiger partial charge on any atom is -0.478 e. The molecule has 0 amide bonds. The van der Waals surface area contributed by atoms with Gasteiger partial charge in [0.25, 0.3) is 0 Å². The third-order valence-corrected chi connectivity index (χ3v) is 2.28. The third-order valence-electron chi connectivity index (χ3n) is 2.28. The van der Waals surface area contributed by atoms with Gasteiger partial charge in [0.2, 0.25) is 0 Å². The summed E-state index contributed by atoms with van der Waals surface area (Å²) < 4.78 is 4.89.